The smallest absolute Gasteiger partial charge is 0.428 e. The van der Waals surface area contributed by atoms with Crippen LogP contribution >= 0.6 is 0 Å². The molecule has 0 bridgehead atoms. The minimum atomic E-state index is -0.802. The van der Waals surface area contributed by atoms with Crippen LogP contribution < -0.4 is 10.5 Å². The number of nitrogens with one attached hydrogen (secondary N) is 1. The molecule has 3 N–H and O–H groups in total. The molecule has 1 aromatic heterocycles. The highest BCUT2D eigenvalue weighted by Gasteiger charge is 2.18. The fourth-order valence-electron chi connectivity index (χ4n) is 0.726. The number of nitrogens with two attached hydrogens (primary N) is 1. The molecule has 0 aliphatic carbocycles. The summed E-state index contributed by atoms with van der Waals surface area (Å²) >= 11 is 0. The molecule has 0 aromatic carbocycles. The van der Waals surface area contributed by atoms with Crippen molar-refractivity contribution in [1.82, 2.24) is 10.2 Å². The molecule has 6 nitrogen and oxygen atoms in total. The second kappa shape index (κ2) is 3.57. The van der Waals surface area contributed by atoms with E-state index in [4.69, 9.17) is 15.2 Å². The van der Waals surface area contributed by atoms with E-state index in [1.165, 1.54) is 6.07 Å². The highest BCUT2D eigenvalue weighted by molar-refractivity contribution is 5.63. The normalized spacial score (nSPS) is 11.1. The third-order valence-corrected chi connectivity index (χ3v) is 1.15. The van der Waals surface area contributed by atoms with Crippen LogP contribution in [-0.4, -0.2) is 22.0 Å². The molecule has 0 radical (unpaired) electrons. The van der Waals surface area contributed by atoms with Gasteiger partial charge >= 0.3 is 6.16 Å². The van der Waals surface area contributed by atoms with Gasteiger partial charge in [0.25, 0.3) is 0 Å². The molecule has 0 unspecified atom stereocenters. The number of anilines is 1. The Kier molecular flexibility index (Phi) is 2.64. The summed E-state index contributed by atoms with van der Waals surface area (Å²) in [5.74, 6) is 0.417. The monoisotopic (exact) mass is 199 g/mol. The van der Waals surface area contributed by atoms with Gasteiger partial charge in [-0.05, 0) is 20.8 Å². The average Bonchev–Trinajstić information content (AvgIpc) is 2.30. The standard InChI is InChI=1S/C8H13N3O3/c1-8(2,3)14-7(12)13-6-4-5(9)10-11-6/h4H,1-3H3,(H3,9,10,11). The fourth-order valence-corrected chi connectivity index (χ4v) is 0.726. The summed E-state index contributed by atoms with van der Waals surface area (Å²) in [7, 11) is 0. The summed E-state index contributed by atoms with van der Waals surface area (Å²) in [5.41, 5.74) is 4.75. The van der Waals surface area contributed by atoms with Crippen molar-refractivity contribution in [2.75, 3.05) is 5.73 Å². The van der Waals surface area contributed by atoms with Crippen LogP contribution in [0, 0.1) is 0 Å². The average molecular weight is 199 g/mol. The lowest BCUT2D eigenvalue weighted by Gasteiger charge is -2.17. The zero-order valence-electron chi connectivity index (χ0n) is 8.33. The van der Waals surface area contributed by atoms with E-state index >= 15 is 0 Å². The van der Waals surface area contributed by atoms with Crippen LogP contribution in [-0.2, 0) is 4.74 Å². The van der Waals surface area contributed by atoms with Crippen molar-refractivity contribution in [2.24, 2.45) is 0 Å². The van der Waals surface area contributed by atoms with E-state index in [0.29, 0.717) is 5.82 Å². The van der Waals surface area contributed by atoms with Gasteiger partial charge in [0.15, 0.2) is 0 Å². The van der Waals surface area contributed by atoms with Gasteiger partial charge in [-0.2, -0.15) is 0 Å². The van der Waals surface area contributed by atoms with Crippen molar-refractivity contribution in [2.45, 2.75) is 26.4 Å². The van der Waals surface area contributed by atoms with Gasteiger partial charge < -0.3 is 15.2 Å². The van der Waals surface area contributed by atoms with Gasteiger partial charge in [0.05, 0.1) is 0 Å². The van der Waals surface area contributed by atoms with Crippen LogP contribution in [0.25, 0.3) is 0 Å². The number of hydrogen-bond acceptors (Lipinski definition) is 5. The molecule has 0 spiro atoms. The Morgan fingerprint density at radius 2 is 2.21 bits per heavy atom. The number of aromatic nitrogens is 2. The first-order valence-electron chi connectivity index (χ1n) is 4.08. The number of carbonyl (C=O) groups is 1. The SMILES string of the molecule is CC(C)(C)OC(=O)Oc1cc(N)[nH]n1. The molecule has 0 saturated heterocycles. The lowest BCUT2D eigenvalue weighted by molar-refractivity contribution is 0.0197. The molecule has 0 atom stereocenters. The van der Waals surface area contributed by atoms with Crippen molar-refractivity contribution < 1.29 is 14.3 Å². The maximum Gasteiger partial charge on any atom is 0.515 e. The maximum absolute atomic E-state index is 11.1. The summed E-state index contributed by atoms with van der Waals surface area (Å²) < 4.78 is 9.62. The Bertz CT molecular complexity index is 327. The lowest BCUT2D eigenvalue weighted by Crippen LogP contribution is -2.26. The van der Waals surface area contributed by atoms with E-state index in [9.17, 15) is 4.79 Å². The number of ether oxygens (including phenoxy) is 2. The number of rotatable bonds is 1. The molecule has 0 fully saturated rings. The van der Waals surface area contributed by atoms with Gasteiger partial charge in [0.2, 0.25) is 5.88 Å². The van der Waals surface area contributed by atoms with Crippen molar-refractivity contribution in [1.29, 1.82) is 0 Å². The van der Waals surface area contributed by atoms with Gasteiger partial charge in [-0.1, -0.05) is 0 Å². The molecule has 1 aromatic rings. The summed E-state index contributed by atoms with van der Waals surface area (Å²) in [6.45, 7) is 5.23. The molecule has 78 valence electrons. The molecular weight excluding hydrogens is 186 g/mol. The molecular formula is C8H13N3O3. The molecule has 0 aliphatic heterocycles. The topological polar surface area (TPSA) is 90.2 Å². The second-order valence-corrected chi connectivity index (χ2v) is 3.73. The molecule has 0 aliphatic rings. The highest BCUT2D eigenvalue weighted by atomic mass is 16.7. The molecule has 1 rings (SSSR count). The maximum atomic E-state index is 11.1. The largest absolute Gasteiger partial charge is 0.515 e. The molecule has 0 amide bonds. The molecule has 6 heteroatoms. The number of H-pyrrole nitrogens is 1. The number of aromatic amines is 1. The minimum Gasteiger partial charge on any atom is -0.428 e. The number of nitrogens with zero attached hydrogens (tertiary/aromatic N) is 1. The Hall–Kier alpha value is -1.72. The lowest BCUT2D eigenvalue weighted by atomic mass is 10.2. The zero-order chi connectivity index (χ0) is 10.8. The van der Waals surface area contributed by atoms with Crippen molar-refractivity contribution >= 4 is 12.0 Å². The third kappa shape index (κ3) is 3.34. The van der Waals surface area contributed by atoms with Crippen LogP contribution in [0.1, 0.15) is 20.8 Å². The van der Waals surface area contributed by atoms with Gasteiger partial charge in [-0.3, -0.25) is 5.10 Å². The van der Waals surface area contributed by atoms with Crippen molar-refractivity contribution in [3.63, 3.8) is 0 Å². The summed E-state index contributed by atoms with van der Waals surface area (Å²) in [6, 6.07) is 1.39. The van der Waals surface area contributed by atoms with Crippen LogP contribution in [0.3, 0.4) is 0 Å². The van der Waals surface area contributed by atoms with Crippen LogP contribution in [0.5, 0.6) is 5.88 Å². The summed E-state index contributed by atoms with van der Waals surface area (Å²) in [6.07, 6.45) is -0.802. The highest BCUT2D eigenvalue weighted by Crippen LogP contribution is 2.13. The number of nitrogen functional groups attached to an aromatic ring is 1. The van der Waals surface area contributed by atoms with E-state index in [-0.39, 0.29) is 5.88 Å². The molecule has 1 heterocycles. The third-order valence-electron chi connectivity index (χ3n) is 1.15. The number of hydrogen-bond donors (Lipinski definition) is 2. The Morgan fingerprint density at radius 3 is 2.64 bits per heavy atom. The van der Waals surface area contributed by atoms with Crippen molar-refractivity contribution in [3.8, 4) is 5.88 Å². The predicted molar refractivity (Wildman–Crippen MR) is 49.9 cm³/mol. The summed E-state index contributed by atoms with van der Waals surface area (Å²) in [4.78, 5) is 11.1. The van der Waals surface area contributed by atoms with Crippen LogP contribution in [0.15, 0.2) is 6.07 Å². The molecule has 0 saturated carbocycles. The van der Waals surface area contributed by atoms with Gasteiger partial charge in [0.1, 0.15) is 11.4 Å². The van der Waals surface area contributed by atoms with E-state index in [2.05, 4.69) is 10.2 Å². The Morgan fingerprint density at radius 1 is 1.57 bits per heavy atom. The first-order valence-corrected chi connectivity index (χ1v) is 4.08. The second-order valence-electron chi connectivity index (χ2n) is 3.73. The number of carbonyl (C=O) groups excluding carboxylic acids is 1. The minimum absolute atomic E-state index is 0.0942. The predicted octanol–water partition coefficient (Wildman–Crippen LogP) is 1.31. The van der Waals surface area contributed by atoms with E-state index in [1.807, 2.05) is 0 Å². The van der Waals surface area contributed by atoms with Gasteiger partial charge in [0, 0.05) is 6.07 Å². The summed E-state index contributed by atoms with van der Waals surface area (Å²) in [5, 5.41) is 6.04. The van der Waals surface area contributed by atoms with E-state index < -0.39 is 11.8 Å². The van der Waals surface area contributed by atoms with Crippen LogP contribution in [0.4, 0.5) is 10.6 Å². The first-order chi connectivity index (χ1) is 6.37. The first kappa shape index (κ1) is 10.4. The zero-order valence-corrected chi connectivity index (χ0v) is 8.33. The van der Waals surface area contributed by atoms with E-state index in [1.54, 1.807) is 20.8 Å². The molecule has 14 heavy (non-hydrogen) atoms. The van der Waals surface area contributed by atoms with Gasteiger partial charge in [-0.15, -0.1) is 5.10 Å². The quantitative estimate of drug-likeness (QED) is 0.665. The van der Waals surface area contributed by atoms with Gasteiger partial charge in [-0.25, -0.2) is 4.79 Å². The van der Waals surface area contributed by atoms with Crippen molar-refractivity contribution in [3.05, 3.63) is 6.07 Å². The Balaban J connectivity index is 2.50. The fraction of sp³-hybridized carbons (Fsp3) is 0.500. The Labute approximate surface area is 81.4 Å². The van der Waals surface area contributed by atoms with E-state index in [0.717, 1.165) is 0 Å². The van der Waals surface area contributed by atoms with Crippen LogP contribution in [0.2, 0.25) is 0 Å².